The third kappa shape index (κ3) is 6.70. The SMILES string of the molecule is Cc1cccc(OCCCCOc2cc(C(=O)OC3CCCCC3)ccc2N)c1. The molecule has 2 aromatic carbocycles. The number of benzene rings is 2. The Morgan fingerprint density at radius 2 is 1.76 bits per heavy atom. The van der Waals surface area contributed by atoms with Crippen LogP contribution >= 0.6 is 0 Å². The van der Waals surface area contributed by atoms with E-state index in [0.29, 0.717) is 30.2 Å². The predicted molar refractivity (Wildman–Crippen MR) is 115 cm³/mol. The van der Waals surface area contributed by atoms with Crippen LogP contribution in [0.5, 0.6) is 11.5 Å². The molecule has 0 amide bonds. The van der Waals surface area contributed by atoms with Gasteiger partial charge in [-0.25, -0.2) is 4.79 Å². The molecule has 0 saturated heterocycles. The number of anilines is 1. The minimum Gasteiger partial charge on any atom is -0.494 e. The van der Waals surface area contributed by atoms with Crippen molar-refractivity contribution in [2.24, 2.45) is 0 Å². The Labute approximate surface area is 173 Å². The standard InChI is InChI=1S/C24H31NO4/c1-18-8-7-11-21(16-18)27-14-5-6-15-28-23-17-19(12-13-22(23)25)24(26)29-20-9-3-2-4-10-20/h7-8,11-13,16-17,20H,2-6,9-10,14-15,25H2,1H3. The summed E-state index contributed by atoms with van der Waals surface area (Å²) in [6, 6.07) is 13.1. The minimum absolute atomic E-state index is 0.0339. The van der Waals surface area contributed by atoms with Crippen molar-refractivity contribution < 1.29 is 19.0 Å². The van der Waals surface area contributed by atoms with E-state index in [-0.39, 0.29) is 12.1 Å². The Bertz CT molecular complexity index is 799. The zero-order valence-corrected chi connectivity index (χ0v) is 17.2. The monoisotopic (exact) mass is 397 g/mol. The van der Waals surface area contributed by atoms with Gasteiger partial charge >= 0.3 is 5.97 Å². The number of nitrogens with two attached hydrogens (primary N) is 1. The van der Waals surface area contributed by atoms with Crippen LogP contribution in [0.4, 0.5) is 5.69 Å². The number of esters is 1. The maximum Gasteiger partial charge on any atom is 0.338 e. The van der Waals surface area contributed by atoms with E-state index in [9.17, 15) is 4.79 Å². The summed E-state index contributed by atoms with van der Waals surface area (Å²) in [5, 5.41) is 0. The third-order valence-corrected chi connectivity index (χ3v) is 5.13. The summed E-state index contributed by atoms with van der Waals surface area (Å²) in [7, 11) is 0. The summed E-state index contributed by atoms with van der Waals surface area (Å²) in [5.41, 5.74) is 8.20. The summed E-state index contributed by atoms with van der Waals surface area (Å²) in [6.45, 7) is 3.20. The van der Waals surface area contributed by atoms with Crippen LogP contribution in [0.2, 0.25) is 0 Å². The molecule has 0 radical (unpaired) electrons. The van der Waals surface area contributed by atoms with E-state index in [1.54, 1.807) is 18.2 Å². The number of aryl methyl sites for hydroxylation is 1. The van der Waals surface area contributed by atoms with Crippen LogP contribution in [0.1, 0.15) is 60.9 Å². The molecule has 0 bridgehead atoms. The molecule has 0 unspecified atom stereocenters. The fourth-order valence-electron chi connectivity index (χ4n) is 3.47. The smallest absolute Gasteiger partial charge is 0.338 e. The Morgan fingerprint density at radius 1 is 1.00 bits per heavy atom. The van der Waals surface area contributed by atoms with E-state index in [2.05, 4.69) is 0 Å². The average molecular weight is 398 g/mol. The quantitative estimate of drug-likeness (QED) is 0.353. The van der Waals surface area contributed by atoms with Crippen LogP contribution in [0.3, 0.4) is 0 Å². The Kier molecular flexibility index (Phi) is 7.79. The molecule has 5 nitrogen and oxygen atoms in total. The van der Waals surface area contributed by atoms with Gasteiger partial charge in [0.2, 0.25) is 0 Å². The largest absolute Gasteiger partial charge is 0.494 e. The number of rotatable bonds is 9. The van der Waals surface area contributed by atoms with Crippen LogP contribution in [-0.4, -0.2) is 25.3 Å². The fraction of sp³-hybridized carbons (Fsp3) is 0.458. The normalized spacial score (nSPS) is 14.4. The molecule has 156 valence electrons. The van der Waals surface area contributed by atoms with Crippen molar-refractivity contribution in [3.05, 3.63) is 53.6 Å². The summed E-state index contributed by atoms with van der Waals surface area (Å²) < 4.78 is 17.2. The van der Waals surface area contributed by atoms with E-state index >= 15 is 0 Å². The molecule has 29 heavy (non-hydrogen) atoms. The molecule has 0 aliphatic heterocycles. The second-order valence-electron chi connectivity index (χ2n) is 7.64. The molecule has 3 rings (SSSR count). The molecular weight excluding hydrogens is 366 g/mol. The van der Waals surface area contributed by atoms with Crippen LogP contribution in [0.15, 0.2) is 42.5 Å². The zero-order valence-electron chi connectivity index (χ0n) is 17.2. The third-order valence-electron chi connectivity index (χ3n) is 5.13. The summed E-state index contributed by atoms with van der Waals surface area (Å²) in [5.74, 6) is 1.12. The molecule has 1 fully saturated rings. The molecule has 2 N–H and O–H groups in total. The molecule has 0 spiro atoms. The molecule has 1 aliphatic carbocycles. The van der Waals surface area contributed by atoms with Gasteiger partial charge < -0.3 is 19.9 Å². The average Bonchev–Trinajstić information content (AvgIpc) is 2.72. The zero-order chi connectivity index (χ0) is 20.5. The van der Waals surface area contributed by atoms with Gasteiger partial charge in [-0.05, 0) is 81.3 Å². The Hall–Kier alpha value is -2.69. The van der Waals surface area contributed by atoms with E-state index < -0.39 is 0 Å². The summed E-state index contributed by atoms with van der Waals surface area (Å²) >= 11 is 0. The van der Waals surface area contributed by atoms with Crippen molar-refractivity contribution in [1.82, 2.24) is 0 Å². The van der Waals surface area contributed by atoms with Gasteiger partial charge in [-0.3, -0.25) is 0 Å². The maximum atomic E-state index is 12.4. The first-order valence-corrected chi connectivity index (χ1v) is 10.5. The van der Waals surface area contributed by atoms with Gasteiger partial charge in [0.1, 0.15) is 17.6 Å². The highest BCUT2D eigenvalue weighted by Gasteiger charge is 2.19. The highest BCUT2D eigenvalue weighted by atomic mass is 16.5. The van der Waals surface area contributed by atoms with Crippen molar-refractivity contribution in [3.63, 3.8) is 0 Å². The highest BCUT2D eigenvalue weighted by Crippen LogP contribution is 2.26. The van der Waals surface area contributed by atoms with Gasteiger partial charge in [-0.1, -0.05) is 18.6 Å². The summed E-state index contributed by atoms with van der Waals surface area (Å²) in [4.78, 5) is 12.4. The number of carbonyl (C=O) groups is 1. The topological polar surface area (TPSA) is 70.8 Å². The highest BCUT2D eigenvalue weighted by molar-refractivity contribution is 5.90. The van der Waals surface area contributed by atoms with Gasteiger partial charge in [-0.2, -0.15) is 0 Å². The molecule has 2 aromatic rings. The van der Waals surface area contributed by atoms with E-state index in [1.807, 2.05) is 31.2 Å². The Morgan fingerprint density at radius 3 is 2.52 bits per heavy atom. The Balaban J connectivity index is 1.41. The molecule has 0 heterocycles. The predicted octanol–water partition coefficient (Wildman–Crippen LogP) is 5.30. The fourth-order valence-corrected chi connectivity index (χ4v) is 3.47. The van der Waals surface area contributed by atoms with Crippen molar-refractivity contribution in [3.8, 4) is 11.5 Å². The molecule has 1 aliphatic rings. The second-order valence-corrected chi connectivity index (χ2v) is 7.64. The van der Waals surface area contributed by atoms with Crippen LogP contribution in [0.25, 0.3) is 0 Å². The van der Waals surface area contributed by atoms with Crippen molar-refractivity contribution in [1.29, 1.82) is 0 Å². The maximum absolute atomic E-state index is 12.4. The molecular formula is C24H31NO4. The first-order valence-electron chi connectivity index (χ1n) is 10.5. The van der Waals surface area contributed by atoms with Gasteiger partial charge in [0.05, 0.1) is 24.5 Å². The minimum atomic E-state index is -0.298. The van der Waals surface area contributed by atoms with Gasteiger partial charge in [0, 0.05) is 0 Å². The van der Waals surface area contributed by atoms with Gasteiger partial charge in [-0.15, -0.1) is 0 Å². The van der Waals surface area contributed by atoms with E-state index in [0.717, 1.165) is 44.3 Å². The van der Waals surface area contributed by atoms with Crippen molar-refractivity contribution in [2.45, 2.75) is 58.0 Å². The first-order chi connectivity index (χ1) is 14.1. The van der Waals surface area contributed by atoms with Crippen molar-refractivity contribution >= 4 is 11.7 Å². The lowest BCUT2D eigenvalue weighted by molar-refractivity contribution is 0.0211. The number of nitrogen functional groups attached to an aromatic ring is 1. The van der Waals surface area contributed by atoms with Gasteiger partial charge in [0.15, 0.2) is 0 Å². The number of unbranched alkanes of at least 4 members (excludes halogenated alkanes) is 1. The second kappa shape index (κ2) is 10.7. The number of carbonyl (C=O) groups excluding carboxylic acids is 1. The number of hydrogen-bond donors (Lipinski definition) is 1. The summed E-state index contributed by atoms with van der Waals surface area (Å²) in [6.07, 6.45) is 7.13. The van der Waals surface area contributed by atoms with E-state index in [4.69, 9.17) is 19.9 Å². The lowest BCUT2D eigenvalue weighted by Gasteiger charge is -2.22. The van der Waals surface area contributed by atoms with Crippen LogP contribution < -0.4 is 15.2 Å². The molecule has 0 aromatic heterocycles. The first kappa shape index (κ1) is 21.0. The molecule has 0 atom stereocenters. The molecule has 1 saturated carbocycles. The van der Waals surface area contributed by atoms with Crippen LogP contribution in [0, 0.1) is 6.92 Å². The number of hydrogen-bond acceptors (Lipinski definition) is 5. The van der Waals surface area contributed by atoms with Gasteiger partial charge in [0.25, 0.3) is 0 Å². The lowest BCUT2D eigenvalue weighted by Crippen LogP contribution is -2.21. The van der Waals surface area contributed by atoms with E-state index in [1.165, 1.54) is 12.0 Å². The lowest BCUT2D eigenvalue weighted by atomic mass is 9.98. The number of ether oxygens (including phenoxy) is 3. The van der Waals surface area contributed by atoms with Crippen LogP contribution in [-0.2, 0) is 4.74 Å². The molecule has 5 heteroatoms. The van der Waals surface area contributed by atoms with Crippen molar-refractivity contribution in [2.75, 3.05) is 18.9 Å².